The summed E-state index contributed by atoms with van der Waals surface area (Å²) in [6.07, 6.45) is 6.71. The van der Waals surface area contributed by atoms with Gasteiger partial charge in [-0.15, -0.1) is 0 Å². The van der Waals surface area contributed by atoms with Gasteiger partial charge >= 0.3 is 0 Å². The second kappa shape index (κ2) is 9.77. The summed E-state index contributed by atoms with van der Waals surface area (Å²) in [6.45, 7) is 2.01. The van der Waals surface area contributed by atoms with Gasteiger partial charge in [0.2, 0.25) is 5.91 Å². The number of imidazole rings is 1. The first-order chi connectivity index (χ1) is 14.9. The van der Waals surface area contributed by atoms with Crippen LogP contribution in [0.1, 0.15) is 55.5 Å². The van der Waals surface area contributed by atoms with Crippen LogP contribution in [-0.4, -0.2) is 58.5 Å². The molecule has 4 rings (SSSR count). The zero-order valence-electron chi connectivity index (χ0n) is 18.0. The number of thioether (sulfide) groups is 1. The lowest BCUT2D eigenvalue weighted by atomic mass is 9.93. The van der Waals surface area contributed by atoms with Gasteiger partial charge in [0.25, 0.3) is 0 Å². The minimum absolute atomic E-state index is 0.0395. The minimum Gasteiger partial charge on any atom is -0.337 e. The van der Waals surface area contributed by atoms with E-state index in [1.807, 2.05) is 30.0 Å². The number of amides is 1. The number of sulfone groups is 1. The van der Waals surface area contributed by atoms with E-state index in [9.17, 15) is 13.2 Å². The molecule has 2 aromatic rings. The number of hydrogen-bond donors (Lipinski definition) is 1. The Hall–Kier alpha value is -1.80. The summed E-state index contributed by atoms with van der Waals surface area (Å²) in [6, 6.07) is 10.2. The quantitative estimate of drug-likeness (QED) is 0.635. The molecule has 31 heavy (non-hydrogen) atoms. The highest BCUT2D eigenvalue weighted by Crippen LogP contribution is 2.29. The van der Waals surface area contributed by atoms with E-state index in [-0.39, 0.29) is 35.2 Å². The van der Waals surface area contributed by atoms with E-state index in [0.717, 1.165) is 48.6 Å². The molecule has 1 saturated heterocycles. The lowest BCUT2D eigenvalue weighted by molar-refractivity contribution is -0.133. The number of nitrogens with one attached hydrogen (secondary N) is 1. The van der Waals surface area contributed by atoms with Gasteiger partial charge in [-0.3, -0.25) is 4.79 Å². The summed E-state index contributed by atoms with van der Waals surface area (Å²) in [5, 5.41) is 0.749. The largest absolute Gasteiger partial charge is 0.337 e. The number of hydrogen-bond acceptors (Lipinski definition) is 5. The van der Waals surface area contributed by atoms with Crippen molar-refractivity contribution >= 4 is 27.5 Å². The Kier molecular flexibility index (Phi) is 7.06. The van der Waals surface area contributed by atoms with E-state index in [1.165, 1.54) is 23.7 Å². The van der Waals surface area contributed by atoms with Gasteiger partial charge in [0.15, 0.2) is 15.0 Å². The van der Waals surface area contributed by atoms with Crippen LogP contribution in [0.2, 0.25) is 0 Å². The molecule has 1 saturated carbocycles. The zero-order valence-corrected chi connectivity index (χ0v) is 19.7. The van der Waals surface area contributed by atoms with Crippen molar-refractivity contribution in [2.24, 2.45) is 0 Å². The van der Waals surface area contributed by atoms with Gasteiger partial charge in [0.05, 0.1) is 23.0 Å². The summed E-state index contributed by atoms with van der Waals surface area (Å²) in [4.78, 5) is 23.2. The predicted molar refractivity (Wildman–Crippen MR) is 124 cm³/mol. The molecule has 1 aromatic carbocycles. The molecule has 1 N–H and O–H groups in total. The zero-order chi connectivity index (χ0) is 21.8. The van der Waals surface area contributed by atoms with Crippen LogP contribution >= 0.6 is 11.8 Å². The van der Waals surface area contributed by atoms with Crippen LogP contribution in [0.3, 0.4) is 0 Å². The van der Waals surface area contributed by atoms with Crippen LogP contribution < -0.4 is 0 Å². The van der Waals surface area contributed by atoms with Crippen molar-refractivity contribution in [1.29, 1.82) is 0 Å². The van der Waals surface area contributed by atoms with Crippen molar-refractivity contribution < 1.29 is 13.2 Å². The lowest BCUT2D eigenvalue weighted by Crippen LogP contribution is -2.49. The summed E-state index contributed by atoms with van der Waals surface area (Å²) in [5.74, 6) is 0.630. The van der Waals surface area contributed by atoms with Gasteiger partial charge in [-0.05, 0) is 31.7 Å². The third kappa shape index (κ3) is 5.71. The molecule has 1 atom stereocenters. The average molecular weight is 462 g/mol. The predicted octanol–water partition coefficient (Wildman–Crippen LogP) is 3.75. The Morgan fingerprint density at radius 1 is 1.13 bits per heavy atom. The fraction of sp³-hybridized carbons (Fsp3) is 0.565. The Morgan fingerprint density at radius 2 is 1.87 bits per heavy atom. The van der Waals surface area contributed by atoms with Crippen molar-refractivity contribution in [1.82, 2.24) is 14.9 Å². The monoisotopic (exact) mass is 461 g/mol. The summed E-state index contributed by atoms with van der Waals surface area (Å²) in [5.41, 5.74) is 3.22. The first-order valence-corrected chi connectivity index (χ1v) is 14.0. The van der Waals surface area contributed by atoms with Crippen LogP contribution in [0.25, 0.3) is 0 Å². The van der Waals surface area contributed by atoms with Gasteiger partial charge in [-0.2, -0.15) is 0 Å². The Balaban J connectivity index is 1.42. The first-order valence-electron chi connectivity index (χ1n) is 11.1. The third-order valence-electron chi connectivity index (χ3n) is 6.37. The standard InChI is InChI=1S/C23H31N3O3S2/c1-17-21(14-18-8-4-2-5-9-18)25-23(24-17)30-15-22(27)26(19-10-6-3-7-11-19)20-12-13-31(28,29)16-20/h2,4-5,8-9,19-20H,3,6-7,10-16H2,1H3,(H,24,25)/t20-/m0/s1. The van der Waals surface area contributed by atoms with Crippen LogP contribution in [0, 0.1) is 6.92 Å². The maximum atomic E-state index is 13.3. The van der Waals surface area contributed by atoms with Gasteiger partial charge in [-0.1, -0.05) is 61.4 Å². The summed E-state index contributed by atoms with van der Waals surface area (Å²) >= 11 is 1.42. The molecule has 168 valence electrons. The smallest absolute Gasteiger partial charge is 0.233 e. The second-order valence-corrected chi connectivity index (χ2v) is 11.9. The topological polar surface area (TPSA) is 83.1 Å². The van der Waals surface area contributed by atoms with Crippen LogP contribution in [-0.2, 0) is 21.1 Å². The molecule has 0 unspecified atom stereocenters. The van der Waals surface area contributed by atoms with Gasteiger partial charge in [0.1, 0.15) is 0 Å². The number of rotatable bonds is 7. The molecule has 2 fully saturated rings. The second-order valence-electron chi connectivity index (χ2n) is 8.71. The Labute approximate surface area is 189 Å². The van der Waals surface area contributed by atoms with Gasteiger partial charge in [-0.25, -0.2) is 13.4 Å². The fourth-order valence-corrected chi connectivity index (χ4v) is 7.28. The number of nitrogens with zero attached hydrogens (tertiary/aromatic N) is 2. The molecule has 1 aliphatic carbocycles. The minimum atomic E-state index is -3.03. The molecule has 0 bridgehead atoms. The maximum Gasteiger partial charge on any atom is 0.233 e. The van der Waals surface area contributed by atoms with E-state index in [4.69, 9.17) is 4.98 Å². The van der Waals surface area contributed by atoms with E-state index >= 15 is 0 Å². The molecule has 8 heteroatoms. The lowest BCUT2D eigenvalue weighted by Gasteiger charge is -2.38. The molecular weight excluding hydrogens is 430 g/mol. The number of carbonyl (C=O) groups excluding carboxylic acids is 1. The van der Waals surface area contributed by atoms with Crippen molar-refractivity contribution in [2.75, 3.05) is 17.3 Å². The highest BCUT2D eigenvalue weighted by molar-refractivity contribution is 7.99. The van der Waals surface area contributed by atoms with Gasteiger partial charge < -0.3 is 9.88 Å². The highest BCUT2D eigenvalue weighted by atomic mass is 32.2. The van der Waals surface area contributed by atoms with E-state index in [1.54, 1.807) is 0 Å². The Bertz CT molecular complexity index is 998. The summed E-state index contributed by atoms with van der Waals surface area (Å²) < 4.78 is 24.1. The number of aryl methyl sites for hydroxylation is 1. The van der Waals surface area contributed by atoms with Crippen molar-refractivity contribution in [3.8, 4) is 0 Å². The van der Waals surface area contributed by atoms with E-state index in [0.29, 0.717) is 6.42 Å². The molecule has 1 aromatic heterocycles. The third-order valence-corrected chi connectivity index (χ3v) is 8.98. The Morgan fingerprint density at radius 3 is 2.55 bits per heavy atom. The molecule has 2 aliphatic rings. The van der Waals surface area contributed by atoms with E-state index < -0.39 is 9.84 Å². The highest BCUT2D eigenvalue weighted by Gasteiger charge is 2.38. The first kappa shape index (κ1) is 22.4. The van der Waals surface area contributed by atoms with Crippen LogP contribution in [0.4, 0.5) is 0 Å². The number of aromatic amines is 1. The van der Waals surface area contributed by atoms with Crippen LogP contribution in [0.15, 0.2) is 35.5 Å². The summed E-state index contributed by atoms with van der Waals surface area (Å²) in [7, 11) is -3.03. The molecule has 0 radical (unpaired) electrons. The molecule has 1 amide bonds. The number of benzene rings is 1. The van der Waals surface area contributed by atoms with Crippen LogP contribution in [0.5, 0.6) is 0 Å². The number of aromatic nitrogens is 2. The molecule has 6 nitrogen and oxygen atoms in total. The normalized spacial score (nSPS) is 21.3. The fourth-order valence-electron chi connectivity index (χ4n) is 4.76. The average Bonchev–Trinajstić information content (AvgIpc) is 3.29. The van der Waals surface area contributed by atoms with Crippen molar-refractivity contribution in [3.05, 3.63) is 47.3 Å². The van der Waals surface area contributed by atoms with Gasteiger partial charge in [0, 0.05) is 24.2 Å². The molecule has 2 heterocycles. The number of H-pyrrole nitrogens is 1. The number of carbonyl (C=O) groups is 1. The van der Waals surface area contributed by atoms with Crippen molar-refractivity contribution in [3.63, 3.8) is 0 Å². The van der Waals surface area contributed by atoms with E-state index in [2.05, 4.69) is 17.1 Å². The van der Waals surface area contributed by atoms with Crippen molar-refractivity contribution in [2.45, 2.75) is 69.1 Å². The molecular formula is C23H31N3O3S2. The maximum absolute atomic E-state index is 13.3. The molecule has 1 aliphatic heterocycles. The molecule has 0 spiro atoms. The SMILES string of the molecule is Cc1[nH]c(SCC(=O)N(C2CCCCC2)[C@H]2CCS(=O)(=O)C2)nc1Cc1ccccc1.